The summed E-state index contributed by atoms with van der Waals surface area (Å²) in [7, 11) is 0. The third kappa shape index (κ3) is 2.15. The first kappa shape index (κ1) is 12.0. The average molecular weight is 276 g/mol. The number of hydrogen-bond donors (Lipinski definition) is 1. The van der Waals surface area contributed by atoms with Gasteiger partial charge >= 0.3 is 0 Å². The third-order valence-electron chi connectivity index (χ3n) is 2.98. The van der Waals surface area contributed by atoms with Crippen molar-refractivity contribution in [1.29, 1.82) is 0 Å². The maximum atomic E-state index is 13.2. The van der Waals surface area contributed by atoms with Gasteiger partial charge in [-0.2, -0.15) is 0 Å². The van der Waals surface area contributed by atoms with Gasteiger partial charge in [0.05, 0.1) is 22.6 Å². The standard InChI is InChI=1S/C14H11ClFN3/c15-11-5-2-6-12-13(11)19(14(17)18-12)8-9-3-1-4-10(16)7-9/h1-7H,8H2,(H2,17,18). The van der Waals surface area contributed by atoms with E-state index in [1.165, 1.54) is 12.1 Å². The predicted octanol–water partition coefficient (Wildman–Crippen LogP) is 3.46. The summed E-state index contributed by atoms with van der Waals surface area (Å²) in [6, 6.07) is 11.8. The first-order chi connectivity index (χ1) is 9.15. The Balaban J connectivity index is 2.12. The predicted molar refractivity (Wildman–Crippen MR) is 74.7 cm³/mol. The van der Waals surface area contributed by atoms with Crippen LogP contribution in [0.3, 0.4) is 0 Å². The summed E-state index contributed by atoms with van der Waals surface area (Å²) in [4.78, 5) is 4.26. The van der Waals surface area contributed by atoms with Crippen LogP contribution in [-0.2, 0) is 6.54 Å². The summed E-state index contributed by atoms with van der Waals surface area (Å²) in [6.45, 7) is 0.434. The summed E-state index contributed by atoms with van der Waals surface area (Å²) in [5.74, 6) is 0.0963. The Morgan fingerprint density at radius 1 is 1.21 bits per heavy atom. The van der Waals surface area contributed by atoms with Crippen LogP contribution < -0.4 is 5.73 Å². The van der Waals surface area contributed by atoms with Crippen LogP contribution in [0.1, 0.15) is 5.56 Å². The molecule has 0 saturated carbocycles. The number of anilines is 1. The van der Waals surface area contributed by atoms with Crippen molar-refractivity contribution in [2.24, 2.45) is 0 Å². The highest BCUT2D eigenvalue weighted by molar-refractivity contribution is 6.35. The van der Waals surface area contributed by atoms with Crippen molar-refractivity contribution in [2.45, 2.75) is 6.54 Å². The molecule has 0 saturated heterocycles. The molecule has 0 fully saturated rings. The number of imidazole rings is 1. The summed E-state index contributed by atoms with van der Waals surface area (Å²) in [6.07, 6.45) is 0. The molecule has 0 unspecified atom stereocenters. The Morgan fingerprint density at radius 3 is 2.79 bits per heavy atom. The molecule has 1 heterocycles. The second-order valence-electron chi connectivity index (χ2n) is 4.29. The van der Waals surface area contributed by atoms with Gasteiger partial charge in [0.15, 0.2) is 0 Å². The Bertz CT molecular complexity index is 752. The lowest BCUT2D eigenvalue weighted by Crippen LogP contribution is -2.05. The molecule has 0 amide bonds. The van der Waals surface area contributed by atoms with E-state index < -0.39 is 0 Å². The molecule has 2 aromatic carbocycles. The molecule has 0 radical (unpaired) electrons. The quantitative estimate of drug-likeness (QED) is 0.778. The van der Waals surface area contributed by atoms with Crippen LogP contribution in [0.2, 0.25) is 5.02 Å². The molecule has 1 aromatic heterocycles. The van der Waals surface area contributed by atoms with Gasteiger partial charge in [-0.25, -0.2) is 9.37 Å². The Morgan fingerprint density at radius 2 is 2.00 bits per heavy atom. The number of nitrogen functional groups attached to an aromatic ring is 1. The van der Waals surface area contributed by atoms with E-state index in [4.69, 9.17) is 17.3 Å². The minimum atomic E-state index is -0.272. The highest BCUT2D eigenvalue weighted by Gasteiger charge is 2.11. The fraction of sp³-hybridized carbons (Fsp3) is 0.0714. The number of fused-ring (bicyclic) bond motifs is 1. The smallest absolute Gasteiger partial charge is 0.201 e. The van der Waals surface area contributed by atoms with E-state index in [0.717, 1.165) is 16.6 Å². The zero-order valence-electron chi connectivity index (χ0n) is 9.98. The second-order valence-corrected chi connectivity index (χ2v) is 4.70. The van der Waals surface area contributed by atoms with Crippen molar-refractivity contribution >= 4 is 28.6 Å². The third-order valence-corrected chi connectivity index (χ3v) is 3.28. The van der Waals surface area contributed by atoms with Gasteiger partial charge in [0.25, 0.3) is 0 Å². The molecule has 5 heteroatoms. The number of aromatic nitrogens is 2. The summed E-state index contributed by atoms with van der Waals surface area (Å²) in [5.41, 5.74) is 8.23. The van der Waals surface area contributed by atoms with Crippen molar-refractivity contribution in [3.63, 3.8) is 0 Å². The average Bonchev–Trinajstić information content (AvgIpc) is 2.67. The van der Waals surface area contributed by atoms with Crippen molar-refractivity contribution in [2.75, 3.05) is 5.73 Å². The molecule has 3 rings (SSSR count). The molecule has 0 spiro atoms. The number of rotatable bonds is 2. The second kappa shape index (κ2) is 4.55. The summed E-state index contributed by atoms with van der Waals surface area (Å²) in [5, 5.41) is 0.582. The first-order valence-electron chi connectivity index (χ1n) is 5.80. The van der Waals surface area contributed by atoms with Crippen LogP contribution in [0.15, 0.2) is 42.5 Å². The number of hydrogen-bond acceptors (Lipinski definition) is 2. The van der Waals surface area contributed by atoms with E-state index >= 15 is 0 Å². The molecular weight excluding hydrogens is 265 g/mol. The fourth-order valence-electron chi connectivity index (χ4n) is 2.14. The first-order valence-corrected chi connectivity index (χ1v) is 6.17. The van der Waals surface area contributed by atoms with Gasteiger partial charge in [0.1, 0.15) is 5.82 Å². The normalized spacial score (nSPS) is 11.1. The van der Waals surface area contributed by atoms with Crippen LogP contribution in [-0.4, -0.2) is 9.55 Å². The van der Waals surface area contributed by atoms with E-state index in [-0.39, 0.29) is 5.82 Å². The molecule has 0 atom stereocenters. The molecule has 96 valence electrons. The maximum Gasteiger partial charge on any atom is 0.201 e. The number of benzene rings is 2. The lowest BCUT2D eigenvalue weighted by Gasteiger charge is -2.07. The zero-order chi connectivity index (χ0) is 13.4. The number of nitrogens with zero attached hydrogens (tertiary/aromatic N) is 2. The molecule has 2 N–H and O–H groups in total. The molecule has 0 aliphatic heterocycles. The van der Waals surface area contributed by atoms with Gasteiger partial charge < -0.3 is 10.3 Å². The number of nitrogens with two attached hydrogens (primary N) is 1. The Hall–Kier alpha value is -2.07. The van der Waals surface area contributed by atoms with Crippen LogP contribution in [0.4, 0.5) is 10.3 Å². The fourth-order valence-corrected chi connectivity index (χ4v) is 2.41. The van der Waals surface area contributed by atoms with Crippen molar-refractivity contribution in [1.82, 2.24) is 9.55 Å². The van der Waals surface area contributed by atoms with E-state index in [9.17, 15) is 4.39 Å². The monoisotopic (exact) mass is 275 g/mol. The molecule has 19 heavy (non-hydrogen) atoms. The summed E-state index contributed by atoms with van der Waals surface area (Å²) < 4.78 is 15.0. The highest BCUT2D eigenvalue weighted by atomic mass is 35.5. The zero-order valence-corrected chi connectivity index (χ0v) is 10.7. The molecular formula is C14H11ClFN3. The molecule has 3 aromatic rings. The molecule has 0 aliphatic carbocycles. The minimum absolute atomic E-state index is 0.272. The van der Waals surface area contributed by atoms with Gasteiger partial charge in [-0.15, -0.1) is 0 Å². The van der Waals surface area contributed by atoms with Crippen molar-refractivity contribution in [3.05, 3.63) is 58.9 Å². The number of para-hydroxylation sites is 1. The van der Waals surface area contributed by atoms with E-state index in [1.807, 2.05) is 18.2 Å². The van der Waals surface area contributed by atoms with Gasteiger partial charge in [-0.05, 0) is 29.8 Å². The summed E-state index contributed by atoms with van der Waals surface area (Å²) >= 11 is 6.18. The van der Waals surface area contributed by atoms with Gasteiger partial charge in [0, 0.05) is 0 Å². The van der Waals surface area contributed by atoms with Crippen LogP contribution in [0.25, 0.3) is 11.0 Å². The van der Waals surface area contributed by atoms with Crippen LogP contribution in [0, 0.1) is 5.82 Å². The van der Waals surface area contributed by atoms with E-state index in [1.54, 1.807) is 16.7 Å². The minimum Gasteiger partial charge on any atom is -0.369 e. The van der Waals surface area contributed by atoms with Crippen molar-refractivity contribution < 1.29 is 4.39 Å². The SMILES string of the molecule is Nc1nc2cccc(Cl)c2n1Cc1cccc(F)c1. The van der Waals surface area contributed by atoms with Crippen LogP contribution >= 0.6 is 11.6 Å². The maximum absolute atomic E-state index is 13.2. The van der Waals surface area contributed by atoms with E-state index in [0.29, 0.717) is 17.5 Å². The van der Waals surface area contributed by atoms with Crippen LogP contribution in [0.5, 0.6) is 0 Å². The lowest BCUT2D eigenvalue weighted by atomic mass is 10.2. The van der Waals surface area contributed by atoms with Gasteiger partial charge in [0.2, 0.25) is 5.95 Å². The molecule has 3 nitrogen and oxygen atoms in total. The Labute approximate surface area is 114 Å². The Kier molecular flexibility index (Phi) is 2.87. The molecule has 0 aliphatic rings. The van der Waals surface area contributed by atoms with Crippen molar-refractivity contribution in [3.8, 4) is 0 Å². The largest absolute Gasteiger partial charge is 0.369 e. The van der Waals surface area contributed by atoms with E-state index in [2.05, 4.69) is 4.98 Å². The highest BCUT2D eigenvalue weighted by Crippen LogP contribution is 2.26. The topological polar surface area (TPSA) is 43.8 Å². The number of halogens is 2. The molecule has 0 bridgehead atoms. The lowest BCUT2D eigenvalue weighted by molar-refractivity contribution is 0.624. The van der Waals surface area contributed by atoms with Gasteiger partial charge in [-0.1, -0.05) is 29.8 Å². The van der Waals surface area contributed by atoms with Gasteiger partial charge in [-0.3, -0.25) is 0 Å².